The standard InChI is InChI=1S/C16H25ClN2O/c1-5-7-15(13-8-10-14(17)11-9-13)18-12(3)16(20)19(4)6-2/h8-12,15,18H,5-7H2,1-4H3. The summed E-state index contributed by atoms with van der Waals surface area (Å²) < 4.78 is 0. The lowest BCUT2D eigenvalue weighted by atomic mass is 10.0. The third-order valence-electron chi connectivity index (χ3n) is 3.52. The molecule has 4 heteroatoms. The first-order valence-corrected chi connectivity index (χ1v) is 7.63. The zero-order chi connectivity index (χ0) is 15.1. The molecule has 2 unspecified atom stereocenters. The highest BCUT2D eigenvalue weighted by Gasteiger charge is 2.20. The first kappa shape index (κ1) is 17.0. The number of rotatable bonds is 7. The number of hydrogen-bond donors (Lipinski definition) is 1. The normalized spacial score (nSPS) is 13.8. The van der Waals surface area contributed by atoms with Gasteiger partial charge in [-0.25, -0.2) is 0 Å². The highest BCUT2D eigenvalue weighted by molar-refractivity contribution is 6.30. The molecule has 0 saturated heterocycles. The van der Waals surface area contributed by atoms with Crippen molar-refractivity contribution in [2.75, 3.05) is 13.6 Å². The Kier molecular flexibility index (Phi) is 7.03. The monoisotopic (exact) mass is 296 g/mol. The predicted molar refractivity (Wildman–Crippen MR) is 85.0 cm³/mol. The second kappa shape index (κ2) is 8.28. The van der Waals surface area contributed by atoms with Gasteiger partial charge in [-0.1, -0.05) is 37.1 Å². The van der Waals surface area contributed by atoms with Gasteiger partial charge in [0.15, 0.2) is 0 Å². The van der Waals surface area contributed by atoms with E-state index in [1.807, 2.05) is 45.2 Å². The number of hydrogen-bond acceptors (Lipinski definition) is 2. The number of carbonyl (C=O) groups is 1. The van der Waals surface area contributed by atoms with Crippen molar-refractivity contribution in [2.45, 2.75) is 45.7 Å². The van der Waals surface area contributed by atoms with Crippen molar-refractivity contribution in [3.05, 3.63) is 34.9 Å². The van der Waals surface area contributed by atoms with E-state index in [1.54, 1.807) is 4.90 Å². The van der Waals surface area contributed by atoms with Gasteiger partial charge in [-0.2, -0.15) is 0 Å². The molecule has 2 atom stereocenters. The van der Waals surface area contributed by atoms with Gasteiger partial charge in [-0.3, -0.25) is 10.1 Å². The van der Waals surface area contributed by atoms with Crippen molar-refractivity contribution in [1.82, 2.24) is 10.2 Å². The highest BCUT2D eigenvalue weighted by atomic mass is 35.5. The predicted octanol–water partition coefficient (Wildman–Crippen LogP) is 3.64. The lowest BCUT2D eigenvalue weighted by Gasteiger charge is -2.26. The Bertz CT molecular complexity index is 419. The van der Waals surface area contributed by atoms with E-state index in [0.717, 1.165) is 24.4 Å². The Balaban J connectivity index is 2.76. The number of halogens is 1. The van der Waals surface area contributed by atoms with Crippen LogP contribution in [0.4, 0.5) is 0 Å². The number of benzene rings is 1. The lowest BCUT2D eigenvalue weighted by Crippen LogP contribution is -2.44. The minimum atomic E-state index is -0.188. The number of likely N-dealkylation sites (N-methyl/N-ethyl adjacent to an activating group) is 1. The van der Waals surface area contributed by atoms with Gasteiger partial charge in [-0.15, -0.1) is 0 Å². The van der Waals surface area contributed by atoms with E-state index in [9.17, 15) is 4.79 Å². The smallest absolute Gasteiger partial charge is 0.239 e. The number of nitrogens with one attached hydrogen (secondary N) is 1. The summed E-state index contributed by atoms with van der Waals surface area (Å²) in [7, 11) is 1.83. The van der Waals surface area contributed by atoms with Gasteiger partial charge >= 0.3 is 0 Å². The van der Waals surface area contributed by atoms with Gasteiger partial charge in [0.2, 0.25) is 5.91 Å². The minimum absolute atomic E-state index is 0.127. The molecule has 3 nitrogen and oxygen atoms in total. The maximum absolute atomic E-state index is 12.1. The Morgan fingerprint density at radius 3 is 2.40 bits per heavy atom. The van der Waals surface area contributed by atoms with Crippen LogP contribution in [0.5, 0.6) is 0 Å². The van der Waals surface area contributed by atoms with Gasteiger partial charge in [0.05, 0.1) is 6.04 Å². The Morgan fingerprint density at radius 1 is 1.30 bits per heavy atom. The fraction of sp³-hybridized carbons (Fsp3) is 0.562. The average molecular weight is 297 g/mol. The van der Waals surface area contributed by atoms with Gasteiger partial charge < -0.3 is 4.90 Å². The molecular formula is C16H25ClN2O. The molecule has 20 heavy (non-hydrogen) atoms. The second-order valence-corrected chi connectivity index (χ2v) is 5.57. The lowest BCUT2D eigenvalue weighted by molar-refractivity contribution is -0.131. The van der Waals surface area contributed by atoms with Crippen LogP contribution in [0.2, 0.25) is 5.02 Å². The molecule has 1 aromatic rings. The van der Waals surface area contributed by atoms with Crippen LogP contribution in [0.3, 0.4) is 0 Å². The van der Waals surface area contributed by atoms with Crippen LogP contribution in [0.1, 0.15) is 45.2 Å². The van der Waals surface area contributed by atoms with Crippen LogP contribution in [0.25, 0.3) is 0 Å². The molecule has 1 rings (SSSR count). The summed E-state index contributed by atoms with van der Waals surface area (Å²) in [6.45, 7) is 6.78. The average Bonchev–Trinajstić information content (AvgIpc) is 2.45. The minimum Gasteiger partial charge on any atom is -0.345 e. The molecule has 0 saturated carbocycles. The van der Waals surface area contributed by atoms with E-state index < -0.39 is 0 Å². The fourth-order valence-electron chi connectivity index (χ4n) is 2.19. The Hall–Kier alpha value is -1.06. The third-order valence-corrected chi connectivity index (χ3v) is 3.77. The molecule has 0 radical (unpaired) electrons. The first-order valence-electron chi connectivity index (χ1n) is 7.26. The summed E-state index contributed by atoms with van der Waals surface area (Å²) in [5.41, 5.74) is 1.18. The number of nitrogens with zero attached hydrogens (tertiary/aromatic N) is 1. The van der Waals surface area contributed by atoms with E-state index >= 15 is 0 Å². The van der Waals surface area contributed by atoms with Crippen molar-refractivity contribution in [3.8, 4) is 0 Å². The summed E-state index contributed by atoms with van der Waals surface area (Å²) in [6.07, 6.45) is 2.06. The van der Waals surface area contributed by atoms with Crippen LogP contribution in [0, 0.1) is 0 Å². The van der Waals surface area contributed by atoms with Crippen LogP contribution in [-0.2, 0) is 4.79 Å². The Labute approximate surface area is 127 Å². The first-order chi connectivity index (χ1) is 9.49. The van der Waals surface area contributed by atoms with Crippen molar-refractivity contribution >= 4 is 17.5 Å². The summed E-state index contributed by atoms with van der Waals surface area (Å²) >= 11 is 5.93. The number of amides is 1. The summed E-state index contributed by atoms with van der Waals surface area (Å²) in [5.74, 6) is 0.127. The molecule has 0 heterocycles. The molecule has 0 bridgehead atoms. The molecule has 1 amide bonds. The van der Waals surface area contributed by atoms with Crippen molar-refractivity contribution in [3.63, 3.8) is 0 Å². The largest absolute Gasteiger partial charge is 0.345 e. The Morgan fingerprint density at radius 2 is 1.90 bits per heavy atom. The van der Waals surface area contributed by atoms with E-state index in [-0.39, 0.29) is 18.0 Å². The van der Waals surface area contributed by atoms with Gasteiger partial charge in [0.1, 0.15) is 0 Å². The summed E-state index contributed by atoms with van der Waals surface area (Å²) in [6, 6.07) is 7.83. The van der Waals surface area contributed by atoms with Crippen LogP contribution in [0.15, 0.2) is 24.3 Å². The topological polar surface area (TPSA) is 32.3 Å². The van der Waals surface area contributed by atoms with E-state index in [0.29, 0.717) is 0 Å². The third kappa shape index (κ3) is 4.80. The molecule has 0 fully saturated rings. The van der Waals surface area contributed by atoms with Crippen molar-refractivity contribution in [2.24, 2.45) is 0 Å². The maximum atomic E-state index is 12.1. The van der Waals surface area contributed by atoms with Gasteiger partial charge in [-0.05, 0) is 38.0 Å². The summed E-state index contributed by atoms with van der Waals surface area (Å²) in [4.78, 5) is 13.9. The van der Waals surface area contributed by atoms with Crippen LogP contribution < -0.4 is 5.32 Å². The van der Waals surface area contributed by atoms with Crippen molar-refractivity contribution < 1.29 is 4.79 Å². The van der Waals surface area contributed by atoms with Crippen LogP contribution in [-0.4, -0.2) is 30.4 Å². The summed E-state index contributed by atoms with van der Waals surface area (Å²) in [5, 5.41) is 4.17. The van der Waals surface area contributed by atoms with E-state index in [2.05, 4.69) is 12.2 Å². The molecule has 0 spiro atoms. The SMILES string of the molecule is CCCC(NC(C)C(=O)N(C)CC)c1ccc(Cl)cc1. The van der Waals surface area contributed by atoms with Crippen LogP contribution >= 0.6 is 11.6 Å². The quantitative estimate of drug-likeness (QED) is 0.833. The molecule has 0 aromatic heterocycles. The molecule has 1 aromatic carbocycles. The zero-order valence-electron chi connectivity index (χ0n) is 12.8. The molecular weight excluding hydrogens is 272 g/mol. The molecule has 0 aliphatic rings. The molecule has 0 aliphatic heterocycles. The fourth-order valence-corrected chi connectivity index (χ4v) is 2.32. The zero-order valence-corrected chi connectivity index (χ0v) is 13.6. The van der Waals surface area contributed by atoms with Gasteiger partial charge in [0, 0.05) is 24.7 Å². The van der Waals surface area contributed by atoms with E-state index in [4.69, 9.17) is 11.6 Å². The van der Waals surface area contributed by atoms with E-state index in [1.165, 1.54) is 5.56 Å². The van der Waals surface area contributed by atoms with Crippen molar-refractivity contribution in [1.29, 1.82) is 0 Å². The highest BCUT2D eigenvalue weighted by Crippen LogP contribution is 2.21. The molecule has 1 N–H and O–H groups in total. The second-order valence-electron chi connectivity index (χ2n) is 5.13. The molecule has 0 aliphatic carbocycles. The number of carbonyl (C=O) groups excluding carboxylic acids is 1. The maximum Gasteiger partial charge on any atom is 0.239 e. The van der Waals surface area contributed by atoms with Gasteiger partial charge in [0.25, 0.3) is 0 Å². The molecule has 112 valence electrons.